The Morgan fingerprint density at radius 2 is 1.95 bits per heavy atom. The third-order valence-corrected chi connectivity index (χ3v) is 4.63. The minimum absolute atomic E-state index is 0. The molecule has 1 aromatic rings. The number of benzene rings is 1. The summed E-state index contributed by atoms with van der Waals surface area (Å²) in [6, 6.07) is 6.47. The topological polar surface area (TPSA) is 55.1 Å². The van der Waals surface area contributed by atoms with Crippen molar-refractivity contribution >= 4 is 18.3 Å². The molecule has 2 atom stereocenters. The molecule has 0 saturated heterocycles. The Hall–Kier alpha value is -1.13. The van der Waals surface area contributed by atoms with E-state index >= 15 is 0 Å². The summed E-state index contributed by atoms with van der Waals surface area (Å²) in [6.45, 7) is 5.23. The van der Waals surface area contributed by atoms with Gasteiger partial charge in [-0.3, -0.25) is 4.79 Å². The van der Waals surface area contributed by atoms with Gasteiger partial charge in [-0.2, -0.15) is 0 Å². The maximum atomic E-state index is 13.0. The second kappa shape index (κ2) is 7.93. The number of hydrogen-bond acceptors (Lipinski definition) is 2. The molecule has 5 heteroatoms. The van der Waals surface area contributed by atoms with Crippen molar-refractivity contribution < 1.29 is 9.18 Å². The van der Waals surface area contributed by atoms with Crippen molar-refractivity contribution in [3.8, 4) is 0 Å². The molecule has 0 aliphatic heterocycles. The van der Waals surface area contributed by atoms with Crippen LogP contribution < -0.4 is 11.1 Å². The smallest absolute Gasteiger partial charge is 0.223 e. The van der Waals surface area contributed by atoms with Crippen LogP contribution in [0.1, 0.15) is 38.7 Å². The molecular weight excluding hydrogens is 303 g/mol. The summed E-state index contributed by atoms with van der Waals surface area (Å²) in [5.74, 6) is 0.242. The van der Waals surface area contributed by atoms with Crippen LogP contribution in [0.3, 0.4) is 0 Å². The molecule has 0 radical (unpaired) electrons. The van der Waals surface area contributed by atoms with Crippen molar-refractivity contribution in [1.29, 1.82) is 0 Å². The highest BCUT2D eigenvalue weighted by atomic mass is 35.5. The summed E-state index contributed by atoms with van der Waals surface area (Å²) < 4.78 is 13.0. The largest absolute Gasteiger partial charge is 0.355 e. The molecule has 0 aromatic heterocycles. The van der Waals surface area contributed by atoms with Gasteiger partial charge in [0.05, 0.1) is 0 Å². The van der Waals surface area contributed by atoms with Gasteiger partial charge in [0.15, 0.2) is 0 Å². The first kappa shape index (κ1) is 18.9. The molecule has 2 rings (SSSR count). The van der Waals surface area contributed by atoms with E-state index < -0.39 is 0 Å². The molecule has 1 aliphatic carbocycles. The lowest BCUT2D eigenvalue weighted by molar-refractivity contribution is -0.126. The van der Waals surface area contributed by atoms with E-state index in [4.69, 9.17) is 5.73 Å². The highest BCUT2D eigenvalue weighted by molar-refractivity contribution is 5.85. The van der Waals surface area contributed by atoms with Crippen molar-refractivity contribution in [2.45, 2.75) is 38.5 Å². The van der Waals surface area contributed by atoms with E-state index in [1.165, 1.54) is 12.1 Å². The van der Waals surface area contributed by atoms with E-state index in [0.717, 1.165) is 24.8 Å². The maximum absolute atomic E-state index is 13.0. The van der Waals surface area contributed by atoms with Crippen LogP contribution in [0, 0.1) is 17.7 Å². The van der Waals surface area contributed by atoms with Gasteiger partial charge in [0.1, 0.15) is 5.82 Å². The van der Waals surface area contributed by atoms with Gasteiger partial charge in [-0.1, -0.05) is 32.4 Å². The van der Waals surface area contributed by atoms with E-state index in [2.05, 4.69) is 19.2 Å². The fourth-order valence-corrected chi connectivity index (χ4v) is 3.11. The van der Waals surface area contributed by atoms with Gasteiger partial charge in [0.2, 0.25) is 5.91 Å². The van der Waals surface area contributed by atoms with Crippen LogP contribution in [0.5, 0.6) is 0 Å². The lowest BCUT2D eigenvalue weighted by atomic mass is 9.84. The van der Waals surface area contributed by atoms with Gasteiger partial charge >= 0.3 is 0 Å². The standard InChI is InChI=1S/C17H25FN2O.ClH/c1-17(2,13-6-8-14(18)9-7-13)11-20-16(21)15-5-3-4-12(15)10-19;/h6-9,12,15H,3-5,10-11,19H2,1-2H3,(H,20,21);1H/t12-,15-;/m1./s1. The minimum Gasteiger partial charge on any atom is -0.355 e. The molecule has 22 heavy (non-hydrogen) atoms. The zero-order valence-electron chi connectivity index (χ0n) is 13.3. The Morgan fingerprint density at radius 3 is 2.55 bits per heavy atom. The van der Waals surface area contributed by atoms with Crippen LogP contribution >= 0.6 is 12.4 Å². The molecular formula is C17H26ClFN2O. The number of amides is 1. The first-order chi connectivity index (χ1) is 9.94. The normalized spacial score (nSPS) is 21.3. The highest BCUT2D eigenvalue weighted by Gasteiger charge is 2.32. The summed E-state index contributed by atoms with van der Waals surface area (Å²) in [7, 11) is 0. The van der Waals surface area contributed by atoms with Crippen LogP contribution in [0.15, 0.2) is 24.3 Å². The van der Waals surface area contributed by atoms with Gasteiger partial charge < -0.3 is 11.1 Å². The van der Waals surface area contributed by atoms with E-state index in [1.54, 1.807) is 12.1 Å². The average Bonchev–Trinajstić information content (AvgIpc) is 2.94. The van der Waals surface area contributed by atoms with Crippen molar-refractivity contribution in [2.75, 3.05) is 13.1 Å². The van der Waals surface area contributed by atoms with Crippen molar-refractivity contribution in [3.05, 3.63) is 35.6 Å². The zero-order chi connectivity index (χ0) is 15.5. The van der Waals surface area contributed by atoms with Crippen molar-refractivity contribution in [2.24, 2.45) is 17.6 Å². The minimum atomic E-state index is -0.240. The van der Waals surface area contributed by atoms with Crippen LogP contribution in [-0.4, -0.2) is 19.0 Å². The van der Waals surface area contributed by atoms with Gasteiger partial charge in [0, 0.05) is 17.9 Å². The Kier molecular flexibility index (Phi) is 6.82. The van der Waals surface area contributed by atoms with Crippen LogP contribution in [0.4, 0.5) is 4.39 Å². The SMILES string of the molecule is CC(C)(CNC(=O)[C@@H]1CCC[C@@H]1CN)c1ccc(F)cc1.Cl. The number of nitrogens with one attached hydrogen (secondary N) is 1. The fraction of sp³-hybridized carbons (Fsp3) is 0.588. The third-order valence-electron chi connectivity index (χ3n) is 4.63. The molecule has 0 bridgehead atoms. The first-order valence-corrected chi connectivity index (χ1v) is 7.68. The molecule has 0 unspecified atom stereocenters. The van der Waals surface area contributed by atoms with Gasteiger partial charge in [0.25, 0.3) is 0 Å². The molecule has 3 nitrogen and oxygen atoms in total. The molecule has 1 aliphatic rings. The van der Waals surface area contributed by atoms with E-state index in [1.807, 2.05) is 0 Å². The number of nitrogens with two attached hydrogens (primary N) is 1. The molecule has 1 saturated carbocycles. The molecule has 124 valence electrons. The van der Waals surface area contributed by atoms with Crippen LogP contribution in [0.25, 0.3) is 0 Å². The van der Waals surface area contributed by atoms with Crippen molar-refractivity contribution in [1.82, 2.24) is 5.32 Å². The molecule has 1 fully saturated rings. The molecule has 1 aromatic carbocycles. The molecule has 0 heterocycles. The third kappa shape index (κ3) is 4.43. The second-order valence-electron chi connectivity index (χ2n) is 6.64. The Labute approximate surface area is 138 Å². The molecule has 0 spiro atoms. The number of carbonyl (C=O) groups excluding carboxylic acids is 1. The Morgan fingerprint density at radius 1 is 1.32 bits per heavy atom. The predicted molar refractivity (Wildman–Crippen MR) is 89.6 cm³/mol. The molecule has 3 N–H and O–H groups in total. The van der Waals surface area contributed by atoms with Gasteiger partial charge in [-0.15, -0.1) is 12.4 Å². The summed E-state index contributed by atoms with van der Waals surface area (Å²) in [5, 5.41) is 3.05. The predicted octanol–water partition coefficient (Wildman–Crippen LogP) is 3.02. The summed E-state index contributed by atoms with van der Waals surface area (Å²) in [6.07, 6.45) is 3.07. The van der Waals surface area contributed by atoms with E-state index in [-0.39, 0.29) is 35.5 Å². The molecule has 1 amide bonds. The summed E-state index contributed by atoms with van der Waals surface area (Å²) in [5.41, 5.74) is 6.53. The van der Waals surface area contributed by atoms with E-state index in [9.17, 15) is 9.18 Å². The van der Waals surface area contributed by atoms with Gasteiger partial charge in [-0.05, 0) is 43.0 Å². The number of rotatable bonds is 5. The first-order valence-electron chi connectivity index (χ1n) is 7.68. The van der Waals surface area contributed by atoms with E-state index in [0.29, 0.717) is 19.0 Å². The lowest BCUT2D eigenvalue weighted by Gasteiger charge is -2.27. The fourth-order valence-electron chi connectivity index (χ4n) is 3.11. The summed E-state index contributed by atoms with van der Waals surface area (Å²) in [4.78, 5) is 12.3. The number of halogens is 2. The Balaban J connectivity index is 0.00000242. The Bertz CT molecular complexity index is 490. The monoisotopic (exact) mass is 328 g/mol. The lowest BCUT2D eigenvalue weighted by Crippen LogP contribution is -2.41. The van der Waals surface area contributed by atoms with Gasteiger partial charge in [-0.25, -0.2) is 4.39 Å². The van der Waals surface area contributed by atoms with Crippen LogP contribution in [-0.2, 0) is 10.2 Å². The zero-order valence-corrected chi connectivity index (χ0v) is 14.1. The number of carbonyl (C=O) groups is 1. The van der Waals surface area contributed by atoms with Crippen molar-refractivity contribution in [3.63, 3.8) is 0 Å². The number of hydrogen-bond donors (Lipinski definition) is 2. The quantitative estimate of drug-likeness (QED) is 0.873. The maximum Gasteiger partial charge on any atom is 0.223 e. The van der Waals surface area contributed by atoms with Crippen LogP contribution in [0.2, 0.25) is 0 Å². The second-order valence-corrected chi connectivity index (χ2v) is 6.64. The average molecular weight is 329 g/mol. The highest BCUT2D eigenvalue weighted by Crippen LogP contribution is 2.31. The summed E-state index contributed by atoms with van der Waals surface area (Å²) >= 11 is 0.